The topological polar surface area (TPSA) is 123 Å². The number of hydrogen-bond acceptors (Lipinski definition) is 7. The zero-order valence-corrected chi connectivity index (χ0v) is 17.9. The molecule has 1 atom stereocenters. The average molecular weight is 455 g/mol. The molecule has 158 valence electrons. The maximum absolute atomic E-state index is 12.8. The lowest BCUT2D eigenvalue weighted by Crippen LogP contribution is -2.41. The summed E-state index contributed by atoms with van der Waals surface area (Å²) in [7, 11) is -3.87. The van der Waals surface area contributed by atoms with Crippen LogP contribution < -0.4 is 4.72 Å². The summed E-state index contributed by atoms with van der Waals surface area (Å²) < 4.78 is 28.3. The van der Waals surface area contributed by atoms with Crippen molar-refractivity contribution in [1.82, 2.24) is 14.6 Å². The Kier molecular flexibility index (Phi) is 5.73. The molecular formula is C21H18N4O4S2. The molecule has 1 saturated heterocycles. The molecule has 3 heterocycles. The fourth-order valence-electron chi connectivity index (χ4n) is 3.37. The van der Waals surface area contributed by atoms with Gasteiger partial charge < -0.3 is 10.0 Å². The van der Waals surface area contributed by atoms with E-state index in [4.69, 9.17) is 5.26 Å². The van der Waals surface area contributed by atoms with Crippen LogP contribution >= 0.6 is 11.3 Å². The number of likely N-dealkylation sites (tertiary alicyclic amines) is 1. The Hall–Kier alpha value is -3.26. The van der Waals surface area contributed by atoms with E-state index in [1.54, 1.807) is 24.5 Å². The van der Waals surface area contributed by atoms with E-state index in [-0.39, 0.29) is 22.4 Å². The predicted octanol–water partition coefficient (Wildman–Crippen LogP) is 2.47. The monoisotopic (exact) mass is 454 g/mol. The van der Waals surface area contributed by atoms with Gasteiger partial charge in [0.1, 0.15) is 16.0 Å². The molecule has 3 aromatic rings. The number of thiophene rings is 1. The number of benzene rings is 1. The second-order valence-corrected chi connectivity index (χ2v) is 10.1. The van der Waals surface area contributed by atoms with Crippen molar-refractivity contribution in [3.8, 4) is 22.3 Å². The molecule has 0 bridgehead atoms. The van der Waals surface area contributed by atoms with Gasteiger partial charge in [0.2, 0.25) is 5.91 Å². The summed E-state index contributed by atoms with van der Waals surface area (Å²) in [6, 6.07) is 12.4. The molecule has 0 aliphatic carbocycles. The Bertz CT molecular complexity index is 1270. The molecule has 0 spiro atoms. The van der Waals surface area contributed by atoms with Crippen LogP contribution in [0.15, 0.2) is 59.1 Å². The summed E-state index contributed by atoms with van der Waals surface area (Å²) in [6.45, 7) is 0.441. The summed E-state index contributed by atoms with van der Waals surface area (Å²) in [5.74, 6) is -0.383. The van der Waals surface area contributed by atoms with Crippen LogP contribution in [-0.2, 0) is 21.4 Å². The predicted molar refractivity (Wildman–Crippen MR) is 115 cm³/mol. The van der Waals surface area contributed by atoms with Gasteiger partial charge in [-0.3, -0.25) is 9.78 Å². The average Bonchev–Trinajstić information content (AvgIpc) is 3.39. The fourth-order valence-corrected chi connectivity index (χ4v) is 5.90. The van der Waals surface area contributed by atoms with Gasteiger partial charge in [-0.1, -0.05) is 6.07 Å². The molecule has 8 nitrogen and oxygen atoms in total. The lowest BCUT2D eigenvalue weighted by molar-refractivity contribution is -0.129. The van der Waals surface area contributed by atoms with Gasteiger partial charge in [-0.25, -0.2) is 8.42 Å². The molecule has 0 saturated carbocycles. The molecule has 10 heteroatoms. The minimum atomic E-state index is -3.87. The van der Waals surface area contributed by atoms with Gasteiger partial charge in [-0.05, 0) is 42.8 Å². The van der Waals surface area contributed by atoms with Crippen LogP contribution in [0.3, 0.4) is 0 Å². The Balaban J connectivity index is 1.46. The first-order valence-electron chi connectivity index (χ1n) is 9.41. The van der Waals surface area contributed by atoms with Crippen LogP contribution in [0.1, 0.15) is 17.5 Å². The van der Waals surface area contributed by atoms with Crippen molar-refractivity contribution in [1.29, 1.82) is 5.26 Å². The summed E-state index contributed by atoms with van der Waals surface area (Å²) >= 11 is 1.11. The highest BCUT2D eigenvalue weighted by molar-refractivity contribution is 7.91. The number of hydrogen-bond donors (Lipinski definition) is 2. The lowest BCUT2D eigenvalue weighted by atomic mass is 10.1. The Labute approximate surface area is 183 Å². The zero-order valence-electron chi connectivity index (χ0n) is 16.2. The molecule has 1 aliphatic rings. The van der Waals surface area contributed by atoms with Crippen molar-refractivity contribution in [3.05, 3.63) is 66.0 Å². The summed E-state index contributed by atoms with van der Waals surface area (Å²) in [5.41, 5.74) is 1.63. The van der Waals surface area contributed by atoms with E-state index >= 15 is 0 Å². The molecule has 1 aromatic carbocycles. The van der Waals surface area contributed by atoms with E-state index < -0.39 is 16.1 Å². The van der Waals surface area contributed by atoms with Crippen molar-refractivity contribution in [3.63, 3.8) is 0 Å². The number of aromatic hydroxyl groups is 1. The molecule has 1 amide bonds. The normalized spacial score (nSPS) is 16.4. The van der Waals surface area contributed by atoms with E-state index in [1.807, 2.05) is 12.1 Å². The SMILES string of the molecule is N#Cc1ccc(O)c(CN2CCC(NS(=O)(=O)c3ccc(-c4cccnc4)s3)C2=O)c1. The van der Waals surface area contributed by atoms with E-state index in [2.05, 4.69) is 9.71 Å². The molecule has 31 heavy (non-hydrogen) atoms. The number of carbonyl (C=O) groups excluding carboxylic acids is 1. The van der Waals surface area contributed by atoms with Crippen molar-refractivity contribution in [2.24, 2.45) is 0 Å². The lowest BCUT2D eigenvalue weighted by Gasteiger charge is -2.18. The molecule has 1 aliphatic heterocycles. The molecule has 1 unspecified atom stereocenters. The number of phenols is 1. The number of pyridine rings is 1. The second kappa shape index (κ2) is 8.47. The summed E-state index contributed by atoms with van der Waals surface area (Å²) in [4.78, 5) is 19.0. The summed E-state index contributed by atoms with van der Waals surface area (Å²) in [6.07, 6.45) is 3.62. The number of sulfonamides is 1. The third kappa shape index (κ3) is 4.44. The standard InChI is InChI=1S/C21H18N4O4S2/c22-11-14-3-4-18(26)16(10-14)13-25-9-7-17(21(25)27)24-31(28,29)20-6-5-19(30-20)15-2-1-8-23-12-15/h1-6,8,10,12,17,24,26H,7,9,13H2. The number of aromatic nitrogens is 1. The van der Waals surface area contributed by atoms with Gasteiger partial charge >= 0.3 is 0 Å². The van der Waals surface area contributed by atoms with Crippen LogP contribution in [0.4, 0.5) is 0 Å². The van der Waals surface area contributed by atoms with Crippen molar-refractivity contribution in [2.45, 2.75) is 23.2 Å². The van der Waals surface area contributed by atoms with Crippen LogP contribution in [0, 0.1) is 11.3 Å². The Morgan fingerprint density at radius 2 is 2.13 bits per heavy atom. The van der Waals surface area contributed by atoms with Gasteiger partial charge in [-0.15, -0.1) is 11.3 Å². The Morgan fingerprint density at radius 3 is 2.87 bits per heavy atom. The number of phenolic OH excluding ortho intramolecular Hbond substituents is 1. The molecule has 4 rings (SSSR count). The van der Waals surface area contributed by atoms with Crippen LogP contribution in [0.2, 0.25) is 0 Å². The van der Waals surface area contributed by atoms with E-state index in [1.165, 1.54) is 29.2 Å². The van der Waals surface area contributed by atoms with Crippen LogP contribution in [0.5, 0.6) is 5.75 Å². The number of amides is 1. The molecule has 1 fully saturated rings. The summed E-state index contributed by atoms with van der Waals surface area (Å²) in [5, 5.41) is 19.0. The highest BCUT2D eigenvalue weighted by atomic mass is 32.2. The zero-order chi connectivity index (χ0) is 22.0. The number of carbonyl (C=O) groups is 1. The maximum atomic E-state index is 12.8. The fraction of sp³-hybridized carbons (Fsp3) is 0.190. The molecule has 0 radical (unpaired) electrons. The number of rotatable bonds is 6. The van der Waals surface area contributed by atoms with Gasteiger partial charge in [0.25, 0.3) is 10.0 Å². The first-order valence-corrected chi connectivity index (χ1v) is 11.7. The number of nitrogens with one attached hydrogen (secondary N) is 1. The van der Waals surface area contributed by atoms with E-state index in [0.717, 1.165) is 21.8 Å². The largest absolute Gasteiger partial charge is 0.508 e. The maximum Gasteiger partial charge on any atom is 0.250 e. The van der Waals surface area contributed by atoms with E-state index in [0.29, 0.717) is 24.1 Å². The molecular weight excluding hydrogens is 436 g/mol. The first kappa shape index (κ1) is 21.0. The van der Waals surface area contributed by atoms with Gasteiger partial charge in [0.05, 0.1) is 11.6 Å². The quantitative estimate of drug-likeness (QED) is 0.590. The van der Waals surface area contributed by atoms with Gasteiger partial charge in [0.15, 0.2) is 0 Å². The van der Waals surface area contributed by atoms with Crippen LogP contribution in [-0.4, -0.2) is 41.9 Å². The molecule has 2 N–H and O–H groups in total. The Morgan fingerprint density at radius 1 is 1.29 bits per heavy atom. The van der Waals surface area contributed by atoms with Gasteiger partial charge in [-0.2, -0.15) is 9.98 Å². The smallest absolute Gasteiger partial charge is 0.250 e. The van der Waals surface area contributed by atoms with Crippen LogP contribution in [0.25, 0.3) is 10.4 Å². The second-order valence-electron chi connectivity index (χ2n) is 7.04. The van der Waals surface area contributed by atoms with Crippen molar-refractivity contribution >= 4 is 27.3 Å². The van der Waals surface area contributed by atoms with Crippen molar-refractivity contribution < 1.29 is 18.3 Å². The van der Waals surface area contributed by atoms with Crippen molar-refractivity contribution in [2.75, 3.05) is 6.54 Å². The minimum Gasteiger partial charge on any atom is -0.508 e. The first-order chi connectivity index (χ1) is 14.9. The van der Waals surface area contributed by atoms with Gasteiger partial charge in [0, 0.05) is 41.5 Å². The molecule has 2 aromatic heterocycles. The number of nitrogens with zero attached hydrogens (tertiary/aromatic N) is 3. The third-order valence-electron chi connectivity index (χ3n) is 4.96. The third-order valence-corrected chi connectivity index (χ3v) is 8.05. The van der Waals surface area contributed by atoms with E-state index in [9.17, 15) is 18.3 Å². The highest BCUT2D eigenvalue weighted by Gasteiger charge is 2.35. The number of nitriles is 1. The minimum absolute atomic E-state index is 0.0163. The highest BCUT2D eigenvalue weighted by Crippen LogP contribution is 2.31.